The maximum absolute atomic E-state index is 13.6. The van der Waals surface area contributed by atoms with Gasteiger partial charge in [0.2, 0.25) is 0 Å². The fourth-order valence-corrected chi connectivity index (χ4v) is 1.64. The van der Waals surface area contributed by atoms with Crippen LogP contribution in [0, 0.1) is 5.82 Å². The van der Waals surface area contributed by atoms with Gasteiger partial charge < -0.3 is 15.4 Å². The molecular weight excluding hydrogens is 271 g/mol. The average molecular weight is 296 g/mol. The van der Waals surface area contributed by atoms with E-state index < -0.39 is 0 Å². The first-order valence-electron chi connectivity index (χ1n) is 7.24. The molecule has 1 rings (SSSR count). The molecule has 1 aromatic rings. The van der Waals surface area contributed by atoms with Gasteiger partial charge in [-0.3, -0.25) is 4.79 Å². The van der Waals surface area contributed by atoms with Crippen LogP contribution in [0.5, 0.6) is 5.75 Å². The lowest BCUT2D eigenvalue weighted by atomic mass is 10.1. The number of carbonyl (C=O) groups excluding carboxylic acids is 1. The highest BCUT2D eigenvalue weighted by Crippen LogP contribution is 2.17. The van der Waals surface area contributed by atoms with Crippen LogP contribution < -0.4 is 15.4 Å². The molecule has 0 bridgehead atoms. The number of ether oxygens (including phenoxy) is 1. The van der Waals surface area contributed by atoms with Crippen LogP contribution in [0.1, 0.15) is 39.7 Å². The second kappa shape index (κ2) is 7.98. The molecule has 0 heterocycles. The van der Waals surface area contributed by atoms with Crippen molar-refractivity contribution in [3.63, 3.8) is 0 Å². The van der Waals surface area contributed by atoms with E-state index in [1.807, 2.05) is 27.7 Å². The van der Waals surface area contributed by atoms with Gasteiger partial charge in [-0.05, 0) is 44.9 Å². The number of amides is 1. The summed E-state index contributed by atoms with van der Waals surface area (Å²) in [5.41, 5.74) is 0.738. The molecule has 0 fully saturated rings. The zero-order chi connectivity index (χ0) is 15.9. The minimum absolute atomic E-state index is 0.0482. The number of hydrogen-bond acceptors (Lipinski definition) is 3. The van der Waals surface area contributed by atoms with Crippen LogP contribution in [0.2, 0.25) is 0 Å². The van der Waals surface area contributed by atoms with Gasteiger partial charge >= 0.3 is 0 Å². The van der Waals surface area contributed by atoms with Gasteiger partial charge in [0.15, 0.2) is 6.61 Å². The van der Waals surface area contributed by atoms with Gasteiger partial charge in [0.05, 0.1) is 0 Å². The highest BCUT2D eigenvalue weighted by atomic mass is 19.1. The van der Waals surface area contributed by atoms with Gasteiger partial charge in [-0.25, -0.2) is 4.39 Å². The van der Waals surface area contributed by atoms with Crippen molar-refractivity contribution in [2.45, 2.75) is 46.2 Å². The first kappa shape index (κ1) is 17.4. The molecule has 0 unspecified atom stereocenters. The monoisotopic (exact) mass is 296 g/mol. The Balaban J connectivity index is 2.58. The van der Waals surface area contributed by atoms with Crippen molar-refractivity contribution in [3.05, 3.63) is 29.6 Å². The van der Waals surface area contributed by atoms with E-state index in [2.05, 4.69) is 10.6 Å². The number of benzene rings is 1. The van der Waals surface area contributed by atoms with Gasteiger partial charge in [-0.1, -0.05) is 6.92 Å². The van der Waals surface area contributed by atoms with Gasteiger partial charge in [-0.2, -0.15) is 0 Å². The van der Waals surface area contributed by atoms with Crippen molar-refractivity contribution >= 4 is 5.91 Å². The van der Waals surface area contributed by atoms with Gasteiger partial charge in [0, 0.05) is 24.7 Å². The Morgan fingerprint density at radius 1 is 1.29 bits per heavy atom. The second-order valence-corrected chi connectivity index (χ2v) is 6.04. The van der Waals surface area contributed by atoms with Gasteiger partial charge in [-0.15, -0.1) is 0 Å². The summed E-state index contributed by atoms with van der Waals surface area (Å²) in [7, 11) is 0. The van der Waals surface area contributed by atoms with Crippen molar-refractivity contribution in [2.24, 2.45) is 0 Å². The molecule has 21 heavy (non-hydrogen) atoms. The largest absolute Gasteiger partial charge is 0.484 e. The summed E-state index contributed by atoms with van der Waals surface area (Å²) >= 11 is 0. The fraction of sp³-hybridized carbons (Fsp3) is 0.562. The number of hydrogen-bond donors (Lipinski definition) is 2. The van der Waals surface area contributed by atoms with Crippen LogP contribution in [-0.4, -0.2) is 24.6 Å². The summed E-state index contributed by atoms with van der Waals surface area (Å²) < 4.78 is 18.9. The SMILES string of the molecule is CCCNC(=O)COc1cc(F)cc(CNC(C)(C)C)c1. The van der Waals surface area contributed by atoms with Crippen molar-refractivity contribution in [2.75, 3.05) is 13.2 Å². The molecule has 118 valence electrons. The minimum Gasteiger partial charge on any atom is -0.484 e. The zero-order valence-electron chi connectivity index (χ0n) is 13.3. The lowest BCUT2D eigenvalue weighted by molar-refractivity contribution is -0.123. The van der Waals surface area contributed by atoms with Crippen LogP contribution in [0.25, 0.3) is 0 Å². The topological polar surface area (TPSA) is 50.4 Å². The van der Waals surface area contributed by atoms with Crippen molar-refractivity contribution in [3.8, 4) is 5.75 Å². The number of rotatable bonds is 7. The first-order valence-corrected chi connectivity index (χ1v) is 7.24. The maximum atomic E-state index is 13.6. The lowest BCUT2D eigenvalue weighted by Gasteiger charge is -2.20. The molecule has 4 nitrogen and oxygen atoms in total. The van der Waals surface area contributed by atoms with E-state index >= 15 is 0 Å². The van der Waals surface area contributed by atoms with E-state index in [1.54, 1.807) is 6.07 Å². The summed E-state index contributed by atoms with van der Waals surface area (Å²) in [4.78, 5) is 11.5. The van der Waals surface area contributed by atoms with Gasteiger partial charge in [0.25, 0.3) is 5.91 Å². The predicted octanol–water partition coefficient (Wildman–Crippen LogP) is 2.62. The second-order valence-electron chi connectivity index (χ2n) is 6.04. The zero-order valence-corrected chi connectivity index (χ0v) is 13.3. The van der Waals surface area contributed by atoms with Crippen LogP contribution in [-0.2, 0) is 11.3 Å². The minimum atomic E-state index is -0.368. The van der Waals surface area contributed by atoms with E-state index in [4.69, 9.17) is 4.74 Å². The Morgan fingerprint density at radius 2 is 2.00 bits per heavy atom. The molecular formula is C16H25FN2O2. The van der Waals surface area contributed by atoms with E-state index in [9.17, 15) is 9.18 Å². The van der Waals surface area contributed by atoms with E-state index in [0.717, 1.165) is 12.0 Å². The normalized spacial score (nSPS) is 11.3. The maximum Gasteiger partial charge on any atom is 0.257 e. The summed E-state index contributed by atoms with van der Waals surface area (Å²) in [5, 5.41) is 5.99. The van der Waals surface area contributed by atoms with E-state index in [1.165, 1.54) is 12.1 Å². The van der Waals surface area contributed by atoms with Crippen LogP contribution >= 0.6 is 0 Å². The molecule has 1 aromatic carbocycles. The molecule has 1 amide bonds. The van der Waals surface area contributed by atoms with Crippen LogP contribution in [0.15, 0.2) is 18.2 Å². The summed E-state index contributed by atoms with van der Waals surface area (Å²) in [6, 6.07) is 4.49. The molecule has 5 heteroatoms. The van der Waals surface area contributed by atoms with E-state index in [-0.39, 0.29) is 23.9 Å². The standard InChI is InChI=1S/C16H25FN2O2/c1-5-6-18-15(20)11-21-14-8-12(7-13(17)9-14)10-19-16(2,3)4/h7-9,19H,5-6,10-11H2,1-4H3,(H,18,20). The number of halogens is 1. The molecule has 0 saturated carbocycles. The van der Waals surface area contributed by atoms with Crippen LogP contribution in [0.4, 0.5) is 4.39 Å². The fourth-order valence-electron chi connectivity index (χ4n) is 1.64. The third-order valence-electron chi connectivity index (χ3n) is 2.70. The van der Waals surface area contributed by atoms with Crippen molar-refractivity contribution in [1.29, 1.82) is 0 Å². The smallest absolute Gasteiger partial charge is 0.257 e. The first-order chi connectivity index (χ1) is 9.80. The molecule has 2 N–H and O–H groups in total. The third kappa shape index (κ3) is 7.66. The number of carbonyl (C=O) groups is 1. The molecule has 0 aliphatic heterocycles. The number of nitrogens with one attached hydrogen (secondary N) is 2. The molecule has 0 saturated heterocycles. The van der Waals surface area contributed by atoms with Crippen molar-refractivity contribution in [1.82, 2.24) is 10.6 Å². The summed E-state index contributed by atoms with van der Waals surface area (Å²) in [6.45, 7) is 9.16. The highest BCUT2D eigenvalue weighted by Gasteiger charge is 2.10. The molecule has 0 aliphatic rings. The predicted molar refractivity (Wildman–Crippen MR) is 81.8 cm³/mol. The van der Waals surface area contributed by atoms with Crippen LogP contribution in [0.3, 0.4) is 0 Å². The molecule has 0 aliphatic carbocycles. The summed E-state index contributed by atoms with van der Waals surface area (Å²) in [5.74, 6) is -0.199. The third-order valence-corrected chi connectivity index (χ3v) is 2.70. The quantitative estimate of drug-likeness (QED) is 0.813. The average Bonchev–Trinajstić information content (AvgIpc) is 2.39. The van der Waals surface area contributed by atoms with Crippen molar-refractivity contribution < 1.29 is 13.9 Å². The molecule has 0 radical (unpaired) electrons. The molecule has 0 atom stereocenters. The van der Waals surface area contributed by atoms with Gasteiger partial charge in [0.1, 0.15) is 11.6 Å². The Bertz CT molecular complexity index is 470. The Labute approximate surface area is 126 Å². The summed E-state index contributed by atoms with van der Waals surface area (Å²) in [6.07, 6.45) is 0.869. The van der Waals surface area contributed by atoms with E-state index in [0.29, 0.717) is 18.8 Å². The highest BCUT2D eigenvalue weighted by molar-refractivity contribution is 5.77. The molecule has 0 spiro atoms. The Kier molecular flexibility index (Phi) is 6.62. The Hall–Kier alpha value is -1.62. The Morgan fingerprint density at radius 3 is 2.62 bits per heavy atom. The lowest BCUT2D eigenvalue weighted by Crippen LogP contribution is -2.35. The molecule has 0 aromatic heterocycles.